The molecule has 4 heteroatoms. The monoisotopic (exact) mass is 196 g/mol. The lowest BCUT2D eigenvalue weighted by Gasteiger charge is -2.14. The molecule has 0 spiro atoms. The van der Waals surface area contributed by atoms with E-state index in [0.717, 1.165) is 5.69 Å². The van der Waals surface area contributed by atoms with Gasteiger partial charge in [-0.05, 0) is 0 Å². The van der Waals surface area contributed by atoms with Crippen LogP contribution in [0.25, 0.3) is 0 Å². The van der Waals surface area contributed by atoms with E-state index in [9.17, 15) is 4.79 Å². The minimum Gasteiger partial charge on any atom is -0.481 e. The van der Waals surface area contributed by atoms with Crippen molar-refractivity contribution in [1.82, 2.24) is 9.55 Å². The number of rotatable bonds is 3. The van der Waals surface area contributed by atoms with Gasteiger partial charge >= 0.3 is 5.97 Å². The molecule has 4 nitrogen and oxygen atoms in total. The first-order chi connectivity index (χ1) is 6.39. The first-order valence-corrected chi connectivity index (χ1v) is 4.63. The van der Waals surface area contributed by atoms with Gasteiger partial charge in [-0.2, -0.15) is 0 Å². The van der Waals surface area contributed by atoms with E-state index < -0.39 is 5.97 Å². The van der Waals surface area contributed by atoms with Crippen molar-refractivity contribution in [3.05, 3.63) is 18.2 Å². The fraction of sp³-hybridized carbons (Fsp3) is 0.600. The summed E-state index contributed by atoms with van der Waals surface area (Å²) in [5.74, 6) is -0.781. The number of carboxylic acids is 1. The highest BCUT2D eigenvalue weighted by molar-refractivity contribution is 5.66. The molecule has 0 aromatic carbocycles. The second-order valence-corrected chi connectivity index (χ2v) is 4.39. The third kappa shape index (κ3) is 2.87. The third-order valence-electron chi connectivity index (χ3n) is 1.99. The molecule has 1 rings (SSSR count). The van der Waals surface area contributed by atoms with Crippen LogP contribution >= 0.6 is 0 Å². The summed E-state index contributed by atoms with van der Waals surface area (Å²) in [5.41, 5.74) is 1.01. The zero-order valence-corrected chi connectivity index (χ0v) is 8.82. The van der Waals surface area contributed by atoms with E-state index in [1.165, 1.54) is 0 Å². The second kappa shape index (κ2) is 3.82. The van der Waals surface area contributed by atoms with Crippen molar-refractivity contribution in [2.75, 3.05) is 0 Å². The summed E-state index contributed by atoms with van der Waals surface area (Å²) >= 11 is 0. The second-order valence-electron chi connectivity index (χ2n) is 4.39. The van der Waals surface area contributed by atoms with Crippen molar-refractivity contribution in [2.45, 2.75) is 39.2 Å². The zero-order valence-electron chi connectivity index (χ0n) is 8.82. The first kappa shape index (κ1) is 10.8. The molecule has 1 heterocycles. The molecule has 0 aliphatic carbocycles. The van der Waals surface area contributed by atoms with Crippen LogP contribution in [0.3, 0.4) is 0 Å². The molecule has 0 atom stereocenters. The Hall–Kier alpha value is -1.32. The van der Waals surface area contributed by atoms with Crippen molar-refractivity contribution in [2.24, 2.45) is 0 Å². The van der Waals surface area contributed by atoms with Gasteiger partial charge in [0.25, 0.3) is 0 Å². The number of aliphatic carboxylic acids is 1. The number of hydrogen-bond donors (Lipinski definition) is 1. The molecule has 1 aromatic rings. The van der Waals surface area contributed by atoms with Gasteiger partial charge in [0.05, 0.1) is 18.4 Å². The predicted molar refractivity (Wildman–Crippen MR) is 53.2 cm³/mol. The van der Waals surface area contributed by atoms with Gasteiger partial charge in [0.1, 0.15) is 0 Å². The average molecular weight is 196 g/mol. The van der Waals surface area contributed by atoms with Crippen molar-refractivity contribution >= 4 is 5.97 Å². The maximum Gasteiger partial charge on any atom is 0.305 e. The van der Waals surface area contributed by atoms with Crippen LogP contribution in [0, 0.1) is 0 Å². The Kier molecular flexibility index (Phi) is 2.93. The van der Waals surface area contributed by atoms with E-state index in [1.807, 2.05) is 10.8 Å². The molecule has 1 N–H and O–H groups in total. The SMILES string of the molecule is CC(C)(C)c1cn(CCC(=O)O)cn1. The smallest absolute Gasteiger partial charge is 0.305 e. The van der Waals surface area contributed by atoms with Crippen molar-refractivity contribution in [3.8, 4) is 0 Å². The molecular weight excluding hydrogens is 180 g/mol. The van der Waals surface area contributed by atoms with E-state index in [1.54, 1.807) is 6.33 Å². The summed E-state index contributed by atoms with van der Waals surface area (Å²) in [7, 11) is 0. The van der Waals surface area contributed by atoms with Crippen LogP contribution in [-0.2, 0) is 16.8 Å². The van der Waals surface area contributed by atoms with Gasteiger partial charge in [-0.3, -0.25) is 4.79 Å². The molecule has 0 aliphatic heterocycles. The standard InChI is InChI=1S/C10H16N2O2/c1-10(2,3)8-6-12(7-11-8)5-4-9(13)14/h6-7H,4-5H2,1-3H3,(H,13,14). The molecule has 0 unspecified atom stereocenters. The van der Waals surface area contributed by atoms with Crippen LogP contribution in [0.2, 0.25) is 0 Å². The predicted octanol–water partition coefficient (Wildman–Crippen LogP) is 1.66. The van der Waals surface area contributed by atoms with Gasteiger partial charge in [0, 0.05) is 18.2 Å². The number of carbonyl (C=O) groups is 1. The lowest BCUT2D eigenvalue weighted by Crippen LogP contribution is -2.11. The highest BCUT2D eigenvalue weighted by Gasteiger charge is 2.16. The fourth-order valence-electron chi connectivity index (χ4n) is 1.09. The van der Waals surface area contributed by atoms with E-state index in [4.69, 9.17) is 5.11 Å². The van der Waals surface area contributed by atoms with Gasteiger partial charge in [-0.15, -0.1) is 0 Å². The van der Waals surface area contributed by atoms with Gasteiger partial charge in [-0.1, -0.05) is 20.8 Å². The molecule has 14 heavy (non-hydrogen) atoms. The quantitative estimate of drug-likeness (QED) is 0.799. The summed E-state index contributed by atoms with van der Waals surface area (Å²) in [6, 6.07) is 0. The van der Waals surface area contributed by atoms with Crippen LogP contribution in [0.4, 0.5) is 0 Å². The third-order valence-corrected chi connectivity index (χ3v) is 1.99. The Balaban J connectivity index is 2.64. The number of hydrogen-bond acceptors (Lipinski definition) is 2. The summed E-state index contributed by atoms with van der Waals surface area (Å²) in [6.45, 7) is 6.73. The molecule has 0 saturated carbocycles. The largest absolute Gasteiger partial charge is 0.481 e. The normalized spacial score (nSPS) is 11.6. The topological polar surface area (TPSA) is 55.1 Å². The number of imidazole rings is 1. The Morgan fingerprint density at radius 3 is 2.64 bits per heavy atom. The average Bonchev–Trinajstić information content (AvgIpc) is 2.47. The summed E-state index contributed by atoms with van der Waals surface area (Å²) in [4.78, 5) is 14.6. The zero-order chi connectivity index (χ0) is 10.8. The van der Waals surface area contributed by atoms with Gasteiger partial charge in [0.2, 0.25) is 0 Å². The number of aryl methyl sites for hydroxylation is 1. The highest BCUT2D eigenvalue weighted by Crippen LogP contribution is 2.19. The maximum absolute atomic E-state index is 10.3. The molecule has 0 bridgehead atoms. The molecular formula is C10H16N2O2. The van der Waals surface area contributed by atoms with Crippen LogP contribution < -0.4 is 0 Å². The van der Waals surface area contributed by atoms with Crippen LogP contribution in [-0.4, -0.2) is 20.6 Å². The lowest BCUT2D eigenvalue weighted by molar-refractivity contribution is -0.137. The molecule has 0 aliphatic rings. The first-order valence-electron chi connectivity index (χ1n) is 4.63. The van der Waals surface area contributed by atoms with Crippen molar-refractivity contribution < 1.29 is 9.90 Å². The Morgan fingerprint density at radius 1 is 1.57 bits per heavy atom. The Bertz CT molecular complexity index is 323. The summed E-state index contributed by atoms with van der Waals surface area (Å²) < 4.78 is 1.81. The lowest BCUT2D eigenvalue weighted by atomic mass is 9.93. The minimum atomic E-state index is -0.781. The van der Waals surface area contributed by atoms with Crippen molar-refractivity contribution in [1.29, 1.82) is 0 Å². The van der Waals surface area contributed by atoms with E-state index in [-0.39, 0.29) is 11.8 Å². The molecule has 1 aromatic heterocycles. The van der Waals surface area contributed by atoms with Crippen molar-refractivity contribution in [3.63, 3.8) is 0 Å². The van der Waals surface area contributed by atoms with Gasteiger partial charge < -0.3 is 9.67 Å². The van der Waals surface area contributed by atoms with Crippen LogP contribution in [0.1, 0.15) is 32.9 Å². The van der Waals surface area contributed by atoms with E-state index in [0.29, 0.717) is 6.54 Å². The summed E-state index contributed by atoms with van der Waals surface area (Å²) in [5, 5.41) is 8.51. The summed E-state index contributed by atoms with van der Waals surface area (Å²) in [6.07, 6.45) is 3.73. The highest BCUT2D eigenvalue weighted by atomic mass is 16.4. The molecule has 0 radical (unpaired) electrons. The molecule has 0 saturated heterocycles. The Labute approximate surface area is 83.6 Å². The number of carboxylic acid groups (broad SMARTS) is 1. The van der Waals surface area contributed by atoms with E-state index in [2.05, 4.69) is 25.8 Å². The molecule has 0 fully saturated rings. The minimum absolute atomic E-state index is 0.0223. The van der Waals surface area contributed by atoms with E-state index >= 15 is 0 Å². The van der Waals surface area contributed by atoms with Gasteiger partial charge in [-0.25, -0.2) is 4.98 Å². The number of nitrogens with zero attached hydrogens (tertiary/aromatic N) is 2. The van der Waals surface area contributed by atoms with Crippen LogP contribution in [0.15, 0.2) is 12.5 Å². The van der Waals surface area contributed by atoms with Crippen LogP contribution in [0.5, 0.6) is 0 Å². The molecule has 0 amide bonds. The fourth-order valence-corrected chi connectivity index (χ4v) is 1.09. The Morgan fingerprint density at radius 2 is 2.21 bits per heavy atom. The maximum atomic E-state index is 10.3. The van der Waals surface area contributed by atoms with Gasteiger partial charge in [0.15, 0.2) is 0 Å². The molecule has 78 valence electrons. The number of aromatic nitrogens is 2.